The zero-order valence-electron chi connectivity index (χ0n) is 9.90. The SMILES string of the molecule is Nc1ccc(C(F)(F)c2ccc3nc[nH]c3c2)cc1. The van der Waals surface area contributed by atoms with E-state index in [1.807, 2.05) is 0 Å². The van der Waals surface area contributed by atoms with Gasteiger partial charge in [0.05, 0.1) is 17.4 Å². The van der Waals surface area contributed by atoms with Crippen LogP contribution < -0.4 is 5.73 Å². The number of nitrogens with one attached hydrogen (secondary N) is 1. The molecule has 0 amide bonds. The van der Waals surface area contributed by atoms with E-state index in [1.165, 1.54) is 42.7 Å². The number of halogens is 2. The van der Waals surface area contributed by atoms with Gasteiger partial charge >= 0.3 is 0 Å². The van der Waals surface area contributed by atoms with E-state index in [0.717, 1.165) is 0 Å². The predicted molar refractivity (Wildman–Crippen MR) is 69.9 cm³/mol. The molecule has 96 valence electrons. The number of aromatic amines is 1. The van der Waals surface area contributed by atoms with Crippen LogP contribution >= 0.6 is 0 Å². The van der Waals surface area contributed by atoms with Gasteiger partial charge in [-0.25, -0.2) is 4.98 Å². The second-order valence-corrected chi connectivity index (χ2v) is 4.33. The Morgan fingerprint density at radius 3 is 2.42 bits per heavy atom. The van der Waals surface area contributed by atoms with Gasteiger partial charge in [0.1, 0.15) is 0 Å². The highest BCUT2D eigenvalue weighted by atomic mass is 19.3. The summed E-state index contributed by atoms with van der Waals surface area (Å²) in [5.74, 6) is -3.06. The molecule has 3 nitrogen and oxygen atoms in total. The number of hydrogen-bond acceptors (Lipinski definition) is 2. The summed E-state index contributed by atoms with van der Waals surface area (Å²) in [6, 6.07) is 10.00. The van der Waals surface area contributed by atoms with Crippen LogP contribution in [0.4, 0.5) is 14.5 Å². The van der Waals surface area contributed by atoms with Gasteiger partial charge in [-0.15, -0.1) is 0 Å². The van der Waals surface area contributed by atoms with E-state index in [1.54, 1.807) is 6.07 Å². The lowest BCUT2D eigenvalue weighted by Crippen LogP contribution is -2.15. The Balaban J connectivity index is 2.09. The highest BCUT2D eigenvalue weighted by Gasteiger charge is 2.34. The molecule has 0 aliphatic heterocycles. The second-order valence-electron chi connectivity index (χ2n) is 4.33. The minimum atomic E-state index is -3.06. The molecular formula is C14H11F2N3. The average Bonchev–Trinajstić information content (AvgIpc) is 2.86. The molecule has 0 unspecified atom stereocenters. The molecule has 0 aliphatic carbocycles. The molecule has 3 N–H and O–H groups in total. The molecule has 0 radical (unpaired) electrons. The molecule has 0 spiro atoms. The summed E-state index contributed by atoms with van der Waals surface area (Å²) in [6.07, 6.45) is 1.48. The van der Waals surface area contributed by atoms with E-state index in [-0.39, 0.29) is 11.1 Å². The molecule has 2 aromatic carbocycles. The lowest BCUT2D eigenvalue weighted by molar-refractivity contribution is 0.0430. The Hall–Kier alpha value is -2.43. The normalized spacial score (nSPS) is 11.9. The molecule has 1 heterocycles. The number of nitrogens with zero attached hydrogens (tertiary/aromatic N) is 1. The van der Waals surface area contributed by atoms with Crippen LogP contribution in [0.2, 0.25) is 0 Å². The highest BCUT2D eigenvalue weighted by molar-refractivity contribution is 5.75. The fraction of sp³-hybridized carbons (Fsp3) is 0.0714. The van der Waals surface area contributed by atoms with Crippen LogP contribution in [0.1, 0.15) is 11.1 Å². The van der Waals surface area contributed by atoms with Gasteiger partial charge in [-0.2, -0.15) is 8.78 Å². The van der Waals surface area contributed by atoms with E-state index in [0.29, 0.717) is 16.7 Å². The topological polar surface area (TPSA) is 54.7 Å². The van der Waals surface area contributed by atoms with Crippen molar-refractivity contribution >= 4 is 16.7 Å². The highest BCUT2D eigenvalue weighted by Crippen LogP contribution is 2.36. The quantitative estimate of drug-likeness (QED) is 0.694. The molecular weight excluding hydrogens is 248 g/mol. The largest absolute Gasteiger partial charge is 0.399 e. The Labute approximate surface area is 108 Å². The van der Waals surface area contributed by atoms with E-state index in [9.17, 15) is 8.78 Å². The maximum Gasteiger partial charge on any atom is 0.298 e. The van der Waals surface area contributed by atoms with Gasteiger partial charge in [0.25, 0.3) is 5.92 Å². The Morgan fingerprint density at radius 2 is 1.68 bits per heavy atom. The van der Waals surface area contributed by atoms with Crippen LogP contribution in [-0.4, -0.2) is 9.97 Å². The number of anilines is 1. The first-order valence-electron chi connectivity index (χ1n) is 5.75. The van der Waals surface area contributed by atoms with Crippen molar-refractivity contribution in [3.05, 3.63) is 59.9 Å². The number of hydrogen-bond donors (Lipinski definition) is 2. The molecule has 0 fully saturated rings. The molecule has 0 atom stereocenters. The van der Waals surface area contributed by atoms with Crippen LogP contribution in [0.3, 0.4) is 0 Å². The number of H-pyrrole nitrogens is 1. The van der Waals surface area contributed by atoms with Crippen molar-refractivity contribution in [2.24, 2.45) is 0 Å². The third kappa shape index (κ3) is 1.93. The summed E-state index contributed by atoms with van der Waals surface area (Å²) < 4.78 is 28.8. The first-order chi connectivity index (χ1) is 9.07. The Morgan fingerprint density at radius 1 is 1.00 bits per heavy atom. The van der Waals surface area contributed by atoms with Crippen molar-refractivity contribution < 1.29 is 8.78 Å². The predicted octanol–water partition coefficient (Wildman–Crippen LogP) is 3.29. The molecule has 5 heteroatoms. The number of nitrogen functional groups attached to an aromatic ring is 1. The number of aromatic nitrogens is 2. The molecule has 19 heavy (non-hydrogen) atoms. The van der Waals surface area contributed by atoms with Crippen molar-refractivity contribution in [1.29, 1.82) is 0 Å². The van der Waals surface area contributed by atoms with Crippen molar-refractivity contribution in [3.63, 3.8) is 0 Å². The Kier molecular flexibility index (Phi) is 2.48. The average molecular weight is 259 g/mol. The summed E-state index contributed by atoms with van der Waals surface area (Å²) in [7, 11) is 0. The standard InChI is InChI=1S/C14H11F2N3/c15-14(16,9-1-4-11(17)5-2-9)10-3-6-12-13(7-10)19-8-18-12/h1-8H,17H2,(H,18,19). The van der Waals surface area contributed by atoms with Crippen LogP contribution in [0, 0.1) is 0 Å². The molecule has 3 rings (SSSR count). The third-order valence-corrected chi connectivity index (χ3v) is 3.06. The molecule has 3 aromatic rings. The third-order valence-electron chi connectivity index (χ3n) is 3.06. The smallest absolute Gasteiger partial charge is 0.298 e. The fourth-order valence-corrected chi connectivity index (χ4v) is 1.99. The lowest BCUT2D eigenvalue weighted by atomic mass is 10.00. The first kappa shape index (κ1) is 11.6. The summed E-state index contributed by atoms with van der Waals surface area (Å²) in [5.41, 5.74) is 7.07. The first-order valence-corrected chi connectivity index (χ1v) is 5.75. The van der Waals surface area contributed by atoms with Gasteiger partial charge in [0.2, 0.25) is 0 Å². The summed E-state index contributed by atoms with van der Waals surface area (Å²) in [6.45, 7) is 0. The van der Waals surface area contributed by atoms with Gasteiger partial charge in [0.15, 0.2) is 0 Å². The number of fused-ring (bicyclic) bond motifs is 1. The van der Waals surface area contributed by atoms with Gasteiger partial charge < -0.3 is 10.7 Å². The number of benzene rings is 2. The minimum absolute atomic E-state index is 0.0750. The summed E-state index contributed by atoms with van der Waals surface area (Å²) in [5, 5.41) is 0. The zero-order valence-corrected chi connectivity index (χ0v) is 9.90. The Bertz CT molecular complexity index is 717. The van der Waals surface area contributed by atoms with E-state index < -0.39 is 5.92 Å². The van der Waals surface area contributed by atoms with Crippen LogP contribution in [0.25, 0.3) is 11.0 Å². The van der Waals surface area contributed by atoms with Crippen molar-refractivity contribution in [3.8, 4) is 0 Å². The minimum Gasteiger partial charge on any atom is -0.399 e. The molecule has 0 saturated heterocycles. The molecule has 0 bridgehead atoms. The zero-order chi connectivity index (χ0) is 13.5. The van der Waals surface area contributed by atoms with Gasteiger partial charge in [0, 0.05) is 16.8 Å². The molecule has 1 aromatic heterocycles. The van der Waals surface area contributed by atoms with Gasteiger partial charge in [-0.05, 0) is 24.3 Å². The summed E-state index contributed by atoms with van der Waals surface area (Å²) >= 11 is 0. The molecule has 0 saturated carbocycles. The van der Waals surface area contributed by atoms with Crippen molar-refractivity contribution in [1.82, 2.24) is 9.97 Å². The number of alkyl halides is 2. The van der Waals surface area contributed by atoms with Gasteiger partial charge in [-0.1, -0.05) is 18.2 Å². The summed E-state index contributed by atoms with van der Waals surface area (Å²) in [4.78, 5) is 6.84. The molecule has 0 aliphatic rings. The van der Waals surface area contributed by atoms with Gasteiger partial charge in [-0.3, -0.25) is 0 Å². The fourth-order valence-electron chi connectivity index (χ4n) is 1.99. The number of nitrogens with two attached hydrogens (primary N) is 1. The van der Waals surface area contributed by atoms with Crippen LogP contribution in [0.15, 0.2) is 48.8 Å². The van der Waals surface area contributed by atoms with Crippen molar-refractivity contribution in [2.45, 2.75) is 5.92 Å². The second kappa shape index (κ2) is 4.05. The van der Waals surface area contributed by atoms with E-state index >= 15 is 0 Å². The number of imidazole rings is 1. The maximum atomic E-state index is 14.4. The van der Waals surface area contributed by atoms with Crippen LogP contribution in [0.5, 0.6) is 0 Å². The maximum absolute atomic E-state index is 14.4. The van der Waals surface area contributed by atoms with Crippen molar-refractivity contribution in [2.75, 3.05) is 5.73 Å². The number of rotatable bonds is 2. The van der Waals surface area contributed by atoms with E-state index in [4.69, 9.17) is 5.73 Å². The monoisotopic (exact) mass is 259 g/mol. The lowest BCUT2D eigenvalue weighted by Gasteiger charge is -2.17. The van der Waals surface area contributed by atoms with E-state index in [2.05, 4.69) is 9.97 Å². The van der Waals surface area contributed by atoms with Crippen LogP contribution in [-0.2, 0) is 5.92 Å².